The summed E-state index contributed by atoms with van der Waals surface area (Å²) in [4.78, 5) is 36.9. The second-order valence-electron chi connectivity index (χ2n) is 19.1. The predicted octanol–water partition coefficient (Wildman–Crippen LogP) is 4.94. The number of hydrogen-bond donors (Lipinski definition) is 4. The number of amides is 2. The minimum atomic E-state index is -0.909. The molecule has 2 aromatic carbocycles. The Kier molecular flexibility index (Phi) is 13.5. The number of anilines is 1. The van der Waals surface area contributed by atoms with Crippen LogP contribution >= 0.6 is 0 Å². The Morgan fingerprint density at radius 3 is 2.48 bits per heavy atom. The average molecular weight is 799 g/mol. The van der Waals surface area contributed by atoms with E-state index in [1.165, 1.54) is 12.8 Å². The number of nitrogens with one attached hydrogen (secondary N) is 2. The van der Waals surface area contributed by atoms with E-state index in [1.54, 1.807) is 26.5 Å². The van der Waals surface area contributed by atoms with E-state index in [0.29, 0.717) is 45.9 Å². The number of hydrogen-bond acceptors (Lipinski definition) is 9. The molecule has 316 valence electrons. The summed E-state index contributed by atoms with van der Waals surface area (Å²) in [6, 6.07) is 10.7. The number of hydroxylamine groups is 2. The van der Waals surface area contributed by atoms with Crippen molar-refractivity contribution in [1.29, 1.82) is 5.26 Å². The molecule has 2 radical (unpaired) electrons. The SMILES string of the molecule is COc1c(CN2O[C@@H](CO)[C@H]([C@H](C)O)[C@H]2C(=O)N[C@H]2C[C@H]3C[C@@H]([C@@H]2C)C3(C)C)cccc1-c1cc(C(=O)N[C@H](C[N+](C)(C)[B-]C#N)C2CCCCC2)cc(N(C)C)c1. The summed E-state index contributed by atoms with van der Waals surface area (Å²) >= 11 is 0. The van der Waals surface area contributed by atoms with Gasteiger partial charge in [-0.3, -0.25) is 14.4 Å². The van der Waals surface area contributed by atoms with Crippen molar-refractivity contribution in [2.75, 3.05) is 53.4 Å². The number of methoxy groups -OCH3 is 1. The zero-order chi connectivity index (χ0) is 42.1. The molecule has 1 aliphatic heterocycles. The molecule has 0 unspecified atom stereocenters. The zero-order valence-electron chi connectivity index (χ0n) is 36.2. The lowest BCUT2D eigenvalue weighted by Crippen LogP contribution is -2.62. The number of nitrogens with zero attached hydrogens (tertiary/aromatic N) is 4. The number of aliphatic hydroxyl groups is 2. The largest absolute Gasteiger partial charge is 0.551 e. The van der Waals surface area contributed by atoms with Gasteiger partial charge in [-0.1, -0.05) is 58.2 Å². The maximum atomic E-state index is 14.3. The lowest BCUT2D eigenvalue weighted by molar-refractivity contribution is -0.779. The molecule has 4 aliphatic carbocycles. The number of benzene rings is 2. The van der Waals surface area contributed by atoms with Gasteiger partial charge in [-0.15, -0.1) is 5.97 Å². The molecule has 2 bridgehead atoms. The fraction of sp³-hybridized carbons (Fsp3) is 0.667. The van der Waals surface area contributed by atoms with Crippen molar-refractivity contribution in [1.82, 2.24) is 15.7 Å². The molecule has 58 heavy (non-hydrogen) atoms. The lowest BCUT2D eigenvalue weighted by atomic mass is 9.45. The number of nitriles is 1. The van der Waals surface area contributed by atoms with Crippen molar-refractivity contribution in [3.05, 3.63) is 47.5 Å². The van der Waals surface area contributed by atoms with E-state index in [2.05, 4.69) is 37.4 Å². The van der Waals surface area contributed by atoms with Crippen LogP contribution in [0.15, 0.2) is 36.4 Å². The van der Waals surface area contributed by atoms with Gasteiger partial charge in [-0.05, 0) is 85.5 Å². The monoisotopic (exact) mass is 799 g/mol. The number of para-hydroxylation sites is 1. The molecule has 4 saturated carbocycles. The molecule has 1 heterocycles. The van der Waals surface area contributed by atoms with Crippen molar-refractivity contribution in [3.8, 4) is 22.8 Å². The number of carbonyl (C=O) groups excluding carboxylic acids is 2. The van der Waals surface area contributed by atoms with Gasteiger partial charge < -0.3 is 34.9 Å². The van der Waals surface area contributed by atoms with E-state index in [1.807, 2.05) is 69.5 Å². The molecule has 0 spiro atoms. The van der Waals surface area contributed by atoms with Gasteiger partial charge in [0.25, 0.3) is 5.91 Å². The number of carbonyl (C=O) groups is 2. The summed E-state index contributed by atoms with van der Waals surface area (Å²) in [5.74, 6) is 3.51. The Balaban J connectivity index is 1.29. The Hall–Kier alpha value is -3.67. The van der Waals surface area contributed by atoms with E-state index in [0.717, 1.165) is 54.5 Å². The van der Waals surface area contributed by atoms with E-state index in [9.17, 15) is 25.1 Å². The van der Waals surface area contributed by atoms with Gasteiger partial charge in [0.05, 0.1) is 39.0 Å². The maximum absolute atomic E-state index is 14.3. The minimum absolute atomic E-state index is 0.0292. The highest BCUT2D eigenvalue weighted by Crippen LogP contribution is 2.61. The van der Waals surface area contributed by atoms with Crippen molar-refractivity contribution >= 4 is 24.9 Å². The third-order valence-electron chi connectivity index (χ3n) is 14.3. The lowest BCUT2D eigenvalue weighted by Gasteiger charge is -2.62. The molecule has 0 aromatic heterocycles. The molecular weight excluding hydrogens is 731 g/mol. The van der Waals surface area contributed by atoms with Crippen LogP contribution in [-0.4, -0.2) is 118 Å². The van der Waals surface area contributed by atoms with Crippen LogP contribution in [0.3, 0.4) is 0 Å². The number of aliphatic hydroxyl groups excluding tert-OH is 2. The van der Waals surface area contributed by atoms with E-state index >= 15 is 0 Å². The summed E-state index contributed by atoms with van der Waals surface area (Å²) in [6.45, 7) is 8.99. The minimum Gasteiger partial charge on any atom is -0.551 e. The van der Waals surface area contributed by atoms with Gasteiger partial charge in [0.15, 0.2) is 0 Å². The smallest absolute Gasteiger partial charge is 0.251 e. The number of rotatable bonds is 15. The highest BCUT2D eigenvalue weighted by Gasteiger charge is 2.57. The van der Waals surface area contributed by atoms with Crippen LogP contribution < -0.4 is 20.3 Å². The van der Waals surface area contributed by atoms with Crippen LogP contribution in [0.1, 0.15) is 88.6 Å². The summed E-state index contributed by atoms with van der Waals surface area (Å²) < 4.78 is 6.51. The van der Waals surface area contributed by atoms with Gasteiger partial charge in [0.2, 0.25) is 5.91 Å². The highest BCUT2D eigenvalue weighted by molar-refractivity contribution is 6.36. The second kappa shape index (κ2) is 17.9. The Morgan fingerprint density at radius 1 is 1.16 bits per heavy atom. The van der Waals surface area contributed by atoms with Crippen LogP contribution in [0.25, 0.3) is 11.1 Å². The fourth-order valence-electron chi connectivity index (χ4n) is 10.8. The van der Waals surface area contributed by atoms with Crippen molar-refractivity contribution in [3.63, 3.8) is 0 Å². The van der Waals surface area contributed by atoms with Gasteiger partial charge >= 0.3 is 0 Å². The van der Waals surface area contributed by atoms with Crippen molar-refractivity contribution < 1.29 is 33.8 Å². The summed E-state index contributed by atoms with van der Waals surface area (Å²) in [7, 11) is 11.1. The maximum Gasteiger partial charge on any atom is 0.251 e. The van der Waals surface area contributed by atoms with Crippen molar-refractivity contribution in [2.45, 2.75) is 110 Å². The zero-order valence-corrected chi connectivity index (χ0v) is 36.2. The molecular formula is C45H67BN6O6. The van der Waals surface area contributed by atoms with Gasteiger partial charge in [-0.2, -0.15) is 5.06 Å². The van der Waals surface area contributed by atoms with Gasteiger partial charge in [-0.25, -0.2) is 5.26 Å². The Morgan fingerprint density at radius 2 is 1.88 bits per heavy atom. The first-order valence-electron chi connectivity index (χ1n) is 21.4. The molecule has 5 fully saturated rings. The normalized spacial score (nSPS) is 28.1. The van der Waals surface area contributed by atoms with Crippen LogP contribution in [0.4, 0.5) is 5.69 Å². The molecule has 2 aromatic rings. The van der Waals surface area contributed by atoms with Crippen LogP contribution in [0, 0.1) is 46.2 Å². The van der Waals surface area contributed by atoms with Gasteiger partial charge in [0.1, 0.15) is 25.3 Å². The molecule has 5 aliphatic rings. The second-order valence-corrected chi connectivity index (χ2v) is 19.1. The first-order valence-corrected chi connectivity index (χ1v) is 21.4. The van der Waals surface area contributed by atoms with E-state index in [-0.39, 0.29) is 42.5 Å². The highest BCUT2D eigenvalue weighted by atomic mass is 16.7. The van der Waals surface area contributed by atoms with E-state index < -0.39 is 24.2 Å². The third kappa shape index (κ3) is 9.07. The topological polar surface area (TPSA) is 147 Å². The van der Waals surface area contributed by atoms with Crippen LogP contribution in [-0.2, 0) is 16.2 Å². The number of quaternary nitrogens is 1. The summed E-state index contributed by atoms with van der Waals surface area (Å²) in [5.41, 5.74) is 3.96. The van der Waals surface area contributed by atoms with Crippen molar-refractivity contribution in [2.24, 2.45) is 35.0 Å². The van der Waals surface area contributed by atoms with Crippen LogP contribution in [0.2, 0.25) is 0 Å². The Labute approximate surface area is 347 Å². The standard InChI is InChI=1S/C45H66BN6O6/c1-27-36-21-33(45(36,3)4)22-37(27)48-44(56)41-40(28(2)54)39(25-53)58-51(41)23-30-16-13-17-35(42(30)57-9)31-18-32(20-34(19-31)50(5)6)43(55)49-38(24-52(7,8)46-26-47)29-14-11-10-12-15-29/h13,16-20,27-29,33,36-41,53-54H,10-12,14-15,21-25H2,1-9H3,(H-,48,49,55,56)/q-1/p+1/t27-,28-,33+,36-,37-,38+,39-,40-,41-/m0/s1. The number of fused-ring (bicyclic) bond motifs is 2. The predicted molar refractivity (Wildman–Crippen MR) is 226 cm³/mol. The van der Waals surface area contributed by atoms with Crippen LogP contribution in [0.5, 0.6) is 5.75 Å². The molecule has 2 amide bonds. The Bertz CT molecular complexity index is 1820. The molecule has 4 N–H and O–H groups in total. The molecule has 7 rings (SSSR count). The van der Waals surface area contributed by atoms with Gasteiger partial charge in [0, 0.05) is 62.5 Å². The molecule has 13 heteroatoms. The first kappa shape index (κ1) is 43.9. The quantitative estimate of drug-likeness (QED) is 0.184. The average Bonchev–Trinajstić information content (AvgIpc) is 3.56. The number of ether oxygens (including phenoxy) is 1. The molecule has 9 atom stereocenters. The fourth-order valence-corrected chi connectivity index (χ4v) is 10.8. The number of likely N-dealkylation sites (N-methyl/N-ethyl adjacent to an activating group) is 1. The molecule has 1 saturated heterocycles. The summed E-state index contributed by atoms with van der Waals surface area (Å²) in [6.07, 6.45) is 6.01. The third-order valence-corrected chi connectivity index (χ3v) is 14.3. The first-order chi connectivity index (χ1) is 27.5. The summed E-state index contributed by atoms with van der Waals surface area (Å²) in [5, 5.41) is 39.2. The van der Waals surface area contributed by atoms with E-state index in [4.69, 9.17) is 9.57 Å². The molecule has 12 nitrogen and oxygen atoms in total.